The van der Waals surface area contributed by atoms with Crippen molar-refractivity contribution in [2.24, 2.45) is 5.92 Å². The molecular weight excluding hydrogens is 344 g/mol. The van der Waals surface area contributed by atoms with Crippen molar-refractivity contribution < 1.29 is 9.90 Å². The number of hydrogen-bond donors (Lipinski definition) is 2. The van der Waals surface area contributed by atoms with Crippen molar-refractivity contribution in [2.75, 3.05) is 6.61 Å². The minimum absolute atomic E-state index is 0.00953. The van der Waals surface area contributed by atoms with Crippen LogP contribution in [0.2, 0.25) is 0 Å². The third-order valence-corrected chi connectivity index (χ3v) is 4.15. The predicted octanol–water partition coefficient (Wildman–Crippen LogP) is 3.32. The molecule has 120 valence electrons. The van der Waals surface area contributed by atoms with Gasteiger partial charge in [0.25, 0.3) is 0 Å². The number of carbonyl (C=O) groups is 1. The second-order valence-corrected chi connectivity index (χ2v) is 6.95. The fourth-order valence-corrected chi connectivity index (χ4v) is 3.01. The second kappa shape index (κ2) is 7.79. The quantitative estimate of drug-likeness (QED) is 0.789. The molecule has 1 amide bonds. The standard InChI is InChI=1S/C17H23BrN2O2/c1-12(2)9-15(11-21)19-17(22)6-8-20-7-5-13-10-14(18)3-4-16(13)20/h3-5,7,10,12,15,21H,6,8-9,11H2,1-2H3,(H,19,22)/t15-/m0/s1. The molecular formula is C17H23BrN2O2. The number of aliphatic hydroxyl groups excluding tert-OH is 1. The number of aliphatic hydroxyl groups is 1. The maximum atomic E-state index is 12.0. The highest BCUT2D eigenvalue weighted by Gasteiger charge is 2.13. The number of nitrogens with one attached hydrogen (secondary N) is 1. The first-order valence-corrected chi connectivity index (χ1v) is 8.43. The fraction of sp³-hybridized carbons (Fsp3) is 0.471. The molecule has 0 spiro atoms. The van der Waals surface area contributed by atoms with Crippen LogP contribution in [0.3, 0.4) is 0 Å². The summed E-state index contributed by atoms with van der Waals surface area (Å²) in [7, 11) is 0. The first-order chi connectivity index (χ1) is 10.5. The molecule has 2 N–H and O–H groups in total. The third-order valence-electron chi connectivity index (χ3n) is 3.65. The van der Waals surface area contributed by atoms with Gasteiger partial charge in [-0.1, -0.05) is 29.8 Å². The molecule has 0 bridgehead atoms. The number of carbonyl (C=O) groups excluding carboxylic acids is 1. The van der Waals surface area contributed by atoms with Crippen molar-refractivity contribution >= 4 is 32.7 Å². The summed E-state index contributed by atoms with van der Waals surface area (Å²) >= 11 is 3.46. The van der Waals surface area contributed by atoms with E-state index in [1.54, 1.807) is 0 Å². The Hall–Kier alpha value is -1.33. The molecule has 0 saturated carbocycles. The van der Waals surface area contributed by atoms with Crippen LogP contribution in [0, 0.1) is 5.92 Å². The smallest absolute Gasteiger partial charge is 0.222 e. The van der Waals surface area contributed by atoms with Gasteiger partial charge in [0.2, 0.25) is 5.91 Å². The van der Waals surface area contributed by atoms with Crippen molar-refractivity contribution in [1.82, 2.24) is 9.88 Å². The minimum Gasteiger partial charge on any atom is -0.394 e. The Morgan fingerprint density at radius 2 is 2.14 bits per heavy atom. The van der Waals surface area contributed by atoms with Crippen LogP contribution in [0.15, 0.2) is 34.9 Å². The lowest BCUT2D eigenvalue weighted by Crippen LogP contribution is -2.38. The van der Waals surface area contributed by atoms with Gasteiger partial charge in [0.05, 0.1) is 12.6 Å². The van der Waals surface area contributed by atoms with Gasteiger partial charge in [0.15, 0.2) is 0 Å². The number of amides is 1. The van der Waals surface area contributed by atoms with Crippen LogP contribution in [0.5, 0.6) is 0 Å². The van der Waals surface area contributed by atoms with Crippen molar-refractivity contribution in [3.63, 3.8) is 0 Å². The van der Waals surface area contributed by atoms with Crippen LogP contribution < -0.4 is 5.32 Å². The third kappa shape index (κ3) is 4.58. The van der Waals surface area contributed by atoms with E-state index in [0.717, 1.165) is 21.8 Å². The van der Waals surface area contributed by atoms with E-state index in [1.807, 2.05) is 24.4 Å². The highest BCUT2D eigenvalue weighted by molar-refractivity contribution is 9.10. The molecule has 0 saturated heterocycles. The number of aromatic nitrogens is 1. The lowest BCUT2D eigenvalue weighted by molar-refractivity contribution is -0.122. The highest BCUT2D eigenvalue weighted by Crippen LogP contribution is 2.21. The van der Waals surface area contributed by atoms with Gasteiger partial charge in [0, 0.05) is 34.5 Å². The van der Waals surface area contributed by atoms with E-state index in [0.29, 0.717) is 18.9 Å². The molecule has 4 nitrogen and oxygen atoms in total. The lowest BCUT2D eigenvalue weighted by Gasteiger charge is -2.18. The fourth-order valence-electron chi connectivity index (χ4n) is 2.64. The Morgan fingerprint density at radius 1 is 1.36 bits per heavy atom. The summed E-state index contributed by atoms with van der Waals surface area (Å²) in [5.41, 5.74) is 1.12. The van der Waals surface area contributed by atoms with Gasteiger partial charge in [-0.2, -0.15) is 0 Å². The number of fused-ring (bicyclic) bond motifs is 1. The van der Waals surface area contributed by atoms with Crippen molar-refractivity contribution in [2.45, 2.75) is 39.3 Å². The summed E-state index contributed by atoms with van der Waals surface area (Å²) in [5.74, 6) is 0.433. The average Bonchev–Trinajstić information content (AvgIpc) is 2.86. The zero-order chi connectivity index (χ0) is 16.1. The number of hydrogen-bond acceptors (Lipinski definition) is 2. The van der Waals surface area contributed by atoms with E-state index in [1.165, 1.54) is 0 Å². The molecule has 0 radical (unpaired) electrons. The topological polar surface area (TPSA) is 54.3 Å². The number of aryl methyl sites for hydroxylation is 1. The SMILES string of the molecule is CC(C)C[C@@H](CO)NC(=O)CCn1ccc2cc(Br)ccc21. The van der Waals surface area contributed by atoms with E-state index in [4.69, 9.17) is 0 Å². The maximum absolute atomic E-state index is 12.0. The van der Waals surface area contributed by atoms with Gasteiger partial charge in [-0.3, -0.25) is 4.79 Å². The molecule has 2 aromatic rings. The Bertz CT molecular complexity index is 637. The zero-order valence-corrected chi connectivity index (χ0v) is 14.6. The van der Waals surface area contributed by atoms with Crippen LogP contribution in [0.25, 0.3) is 10.9 Å². The maximum Gasteiger partial charge on any atom is 0.222 e. The molecule has 22 heavy (non-hydrogen) atoms. The lowest BCUT2D eigenvalue weighted by atomic mass is 10.0. The molecule has 0 aliphatic carbocycles. The van der Waals surface area contributed by atoms with E-state index < -0.39 is 0 Å². The van der Waals surface area contributed by atoms with Crippen LogP contribution in [0.1, 0.15) is 26.7 Å². The number of nitrogens with zero attached hydrogens (tertiary/aromatic N) is 1. The Morgan fingerprint density at radius 3 is 2.82 bits per heavy atom. The number of benzene rings is 1. The highest BCUT2D eigenvalue weighted by atomic mass is 79.9. The van der Waals surface area contributed by atoms with Gasteiger partial charge in [-0.15, -0.1) is 0 Å². The molecule has 5 heteroatoms. The van der Waals surface area contributed by atoms with Gasteiger partial charge < -0.3 is 15.0 Å². The van der Waals surface area contributed by atoms with Crippen molar-refractivity contribution in [1.29, 1.82) is 0 Å². The summed E-state index contributed by atoms with van der Waals surface area (Å²) in [4.78, 5) is 12.0. The summed E-state index contributed by atoms with van der Waals surface area (Å²) in [6.07, 6.45) is 3.21. The van der Waals surface area contributed by atoms with Gasteiger partial charge in [0.1, 0.15) is 0 Å². The van der Waals surface area contributed by atoms with Crippen LogP contribution >= 0.6 is 15.9 Å². The molecule has 0 aliphatic rings. The summed E-state index contributed by atoms with van der Waals surface area (Å²) in [6, 6.07) is 8.02. The van der Waals surface area contributed by atoms with Crippen LogP contribution in [0.4, 0.5) is 0 Å². The Balaban J connectivity index is 1.92. The zero-order valence-electron chi connectivity index (χ0n) is 13.1. The first-order valence-electron chi connectivity index (χ1n) is 7.64. The molecule has 0 aliphatic heterocycles. The van der Waals surface area contributed by atoms with E-state index in [9.17, 15) is 9.90 Å². The monoisotopic (exact) mass is 366 g/mol. The summed E-state index contributed by atoms with van der Waals surface area (Å²) in [5, 5.41) is 13.4. The largest absolute Gasteiger partial charge is 0.394 e. The van der Waals surface area contributed by atoms with Gasteiger partial charge in [-0.05, 0) is 36.6 Å². The van der Waals surface area contributed by atoms with Crippen molar-refractivity contribution in [3.8, 4) is 0 Å². The molecule has 0 unspecified atom stereocenters. The molecule has 0 fully saturated rings. The van der Waals surface area contributed by atoms with Crippen LogP contribution in [-0.4, -0.2) is 28.2 Å². The Labute approximate surface area is 139 Å². The van der Waals surface area contributed by atoms with E-state index >= 15 is 0 Å². The van der Waals surface area contributed by atoms with Gasteiger partial charge >= 0.3 is 0 Å². The van der Waals surface area contributed by atoms with Gasteiger partial charge in [-0.25, -0.2) is 0 Å². The predicted molar refractivity (Wildman–Crippen MR) is 92.7 cm³/mol. The molecule has 2 rings (SSSR count). The number of halogens is 1. The number of rotatable bonds is 7. The normalized spacial score (nSPS) is 12.8. The summed E-state index contributed by atoms with van der Waals surface area (Å²) in [6.45, 7) is 4.79. The first kappa shape index (κ1) is 17.0. The van der Waals surface area contributed by atoms with E-state index in [2.05, 4.69) is 45.7 Å². The Kier molecular flexibility index (Phi) is 6.03. The van der Waals surface area contributed by atoms with E-state index in [-0.39, 0.29) is 18.6 Å². The molecule has 1 heterocycles. The summed E-state index contributed by atoms with van der Waals surface area (Å²) < 4.78 is 3.13. The van der Waals surface area contributed by atoms with Crippen molar-refractivity contribution in [3.05, 3.63) is 34.9 Å². The molecule has 1 aromatic carbocycles. The molecule has 1 aromatic heterocycles. The average molecular weight is 367 g/mol. The minimum atomic E-state index is -0.148. The molecule has 1 atom stereocenters. The van der Waals surface area contributed by atoms with Crippen LogP contribution in [-0.2, 0) is 11.3 Å². The second-order valence-electron chi connectivity index (χ2n) is 6.04.